The molecule has 0 amide bonds. The fourth-order valence-corrected chi connectivity index (χ4v) is 0.750. The number of nitro benzene ring substituents is 1. The summed E-state index contributed by atoms with van der Waals surface area (Å²) in [6, 6.07) is 3.20. The molecule has 0 bridgehead atoms. The van der Waals surface area contributed by atoms with Gasteiger partial charge in [-0.15, -0.1) is 0 Å². The van der Waals surface area contributed by atoms with Crippen LogP contribution in [0, 0.1) is 21.3 Å². The Morgan fingerprint density at radius 2 is 1.76 bits per heavy atom. The van der Waals surface area contributed by atoms with Crippen LogP contribution in [0.2, 0.25) is 0 Å². The van der Waals surface area contributed by atoms with E-state index in [4.69, 9.17) is 5.39 Å². The van der Waals surface area contributed by atoms with E-state index in [1.807, 2.05) is 0 Å². The molecule has 1 aromatic rings. The highest BCUT2D eigenvalue weighted by Gasteiger charge is 2.28. The lowest BCUT2D eigenvalue weighted by Crippen LogP contribution is -2.02. The lowest BCUT2D eigenvalue weighted by atomic mass is 10.2. The second-order valence-corrected chi connectivity index (χ2v) is 2.46. The van der Waals surface area contributed by atoms with Gasteiger partial charge in [0, 0.05) is 6.07 Å². The Morgan fingerprint density at radius 1 is 1.29 bits per heavy atom. The van der Waals surface area contributed by atoms with E-state index in [0.29, 0.717) is 0 Å². The third-order valence-corrected chi connectivity index (χ3v) is 1.26. The van der Waals surface area contributed by atoms with Crippen molar-refractivity contribution < 1.29 is 26.6 Å². The molecule has 0 heterocycles. The number of halogens is 5. The van der Waals surface area contributed by atoms with Crippen molar-refractivity contribution in [1.29, 1.82) is 5.39 Å². The molecule has 17 heavy (non-hydrogen) atoms. The first-order chi connectivity index (χ1) is 7.66. The summed E-state index contributed by atoms with van der Waals surface area (Å²) in [5.74, 6) is -0.924. The second-order valence-electron chi connectivity index (χ2n) is 2.46. The smallest absolute Gasteiger partial charge is 0.418 e. The molecular weight excluding hydrogens is 252 g/mol. The maximum absolute atomic E-state index is 12.7. The number of diazo groups is 1. The third kappa shape index (κ3) is 6.03. The molecule has 0 aliphatic heterocycles. The largest absolute Gasteiger partial charge is 0.673 e. The van der Waals surface area contributed by atoms with Crippen LogP contribution in [0.5, 0.6) is 0 Å². The molecule has 11 heteroatoms. The van der Waals surface area contributed by atoms with Crippen molar-refractivity contribution in [3.8, 4) is 0 Å². The highest BCUT2D eigenvalue weighted by Crippen LogP contribution is 2.29. The molecule has 1 aromatic carbocycles. The van der Waals surface area contributed by atoms with Gasteiger partial charge in [0.25, 0.3) is 0 Å². The predicted molar refractivity (Wildman–Crippen MR) is 48.0 cm³/mol. The Bertz CT molecular complexity index is 452. The maximum Gasteiger partial charge on any atom is 0.673 e. The van der Waals surface area contributed by atoms with Crippen LogP contribution >= 0.6 is 0 Å². The Hall–Kier alpha value is -2.25. The molecule has 92 valence electrons. The van der Waals surface area contributed by atoms with E-state index in [2.05, 4.69) is 4.98 Å². The second kappa shape index (κ2) is 5.73. The number of hydrogen-bond donors (Lipinski definition) is 0. The van der Waals surface area contributed by atoms with Crippen molar-refractivity contribution in [1.82, 2.24) is 0 Å². The molecule has 0 N–H and O–H groups in total. The standard InChI is InChI=1S/C6H3FN3O2.BF4/c7-4-2-1-3-5(10(11)12)6(4)9-8;2-1(3,4)5/h1-3H;/q+1;-1. The van der Waals surface area contributed by atoms with Crippen molar-refractivity contribution in [2.45, 2.75) is 0 Å². The van der Waals surface area contributed by atoms with E-state index in [0.717, 1.165) is 12.1 Å². The normalized spacial score (nSPS) is 9.88. The van der Waals surface area contributed by atoms with Gasteiger partial charge < -0.3 is 17.3 Å². The fourth-order valence-electron chi connectivity index (χ4n) is 0.750. The van der Waals surface area contributed by atoms with Crippen molar-refractivity contribution >= 4 is 18.6 Å². The van der Waals surface area contributed by atoms with E-state index < -0.39 is 29.4 Å². The Labute approximate surface area is 90.7 Å². The van der Waals surface area contributed by atoms with Gasteiger partial charge in [0.05, 0.1) is 4.92 Å². The molecule has 0 aromatic heterocycles. The molecule has 0 spiro atoms. The lowest BCUT2D eigenvalue weighted by molar-refractivity contribution is -0.384. The van der Waals surface area contributed by atoms with Crippen molar-refractivity contribution in [3.63, 3.8) is 0 Å². The molecule has 1 rings (SSSR count). The molecule has 0 fully saturated rings. The molecule has 0 atom stereocenters. The highest BCUT2D eigenvalue weighted by atomic mass is 19.5. The van der Waals surface area contributed by atoms with Crippen LogP contribution in [0.25, 0.3) is 4.98 Å². The molecule has 0 saturated carbocycles. The fraction of sp³-hybridized carbons (Fsp3) is 0. The van der Waals surface area contributed by atoms with Crippen LogP contribution in [-0.4, -0.2) is 12.2 Å². The molecular formula is C6H3BF5N3O2. The number of nitro groups is 1. The van der Waals surface area contributed by atoms with Gasteiger partial charge in [0.15, 0.2) is 4.98 Å². The van der Waals surface area contributed by atoms with Gasteiger partial charge >= 0.3 is 18.6 Å². The zero-order chi connectivity index (χ0) is 13.6. The van der Waals surface area contributed by atoms with Crippen LogP contribution < -0.4 is 0 Å². The summed E-state index contributed by atoms with van der Waals surface area (Å²) >= 11 is 0. The molecule has 0 unspecified atom stereocenters. The molecule has 0 aliphatic carbocycles. The van der Waals surface area contributed by atoms with Crippen LogP contribution in [0.3, 0.4) is 0 Å². The summed E-state index contributed by atoms with van der Waals surface area (Å²) in [7, 11) is -6.00. The van der Waals surface area contributed by atoms with Crippen LogP contribution in [0.4, 0.5) is 33.0 Å². The Morgan fingerprint density at radius 3 is 2.06 bits per heavy atom. The van der Waals surface area contributed by atoms with Crippen LogP contribution in [0.15, 0.2) is 18.2 Å². The quantitative estimate of drug-likeness (QED) is 0.253. The molecule has 5 nitrogen and oxygen atoms in total. The first-order valence-electron chi connectivity index (χ1n) is 3.82. The van der Waals surface area contributed by atoms with Gasteiger partial charge in [-0.3, -0.25) is 10.1 Å². The van der Waals surface area contributed by atoms with Gasteiger partial charge in [-0.05, 0) is 6.07 Å². The van der Waals surface area contributed by atoms with Crippen molar-refractivity contribution in [2.24, 2.45) is 0 Å². The minimum absolute atomic E-state index is 0.558. The van der Waals surface area contributed by atoms with E-state index in [9.17, 15) is 31.8 Å². The summed E-state index contributed by atoms with van der Waals surface area (Å²) in [4.78, 5) is 11.9. The minimum atomic E-state index is -6.00. The van der Waals surface area contributed by atoms with Gasteiger partial charge in [-0.25, -0.2) is 0 Å². The maximum atomic E-state index is 12.7. The Kier molecular flexibility index (Phi) is 4.98. The summed E-state index contributed by atoms with van der Waals surface area (Å²) in [6.45, 7) is 0. The van der Waals surface area contributed by atoms with Gasteiger partial charge in [0.2, 0.25) is 11.2 Å². The number of benzene rings is 1. The van der Waals surface area contributed by atoms with Crippen molar-refractivity contribution in [3.05, 3.63) is 39.1 Å². The SMILES string of the molecule is F[B-](F)(F)F.N#[N+]c1c(F)cccc1[N+](=O)[O-]. The monoisotopic (exact) mass is 255 g/mol. The molecule has 0 radical (unpaired) electrons. The first kappa shape index (κ1) is 14.8. The average molecular weight is 255 g/mol. The average Bonchev–Trinajstić information content (AvgIpc) is 2.14. The van der Waals surface area contributed by atoms with E-state index in [-0.39, 0.29) is 0 Å². The van der Waals surface area contributed by atoms with Crippen LogP contribution in [0.1, 0.15) is 0 Å². The van der Waals surface area contributed by atoms with Gasteiger partial charge in [-0.2, -0.15) is 4.39 Å². The highest BCUT2D eigenvalue weighted by molar-refractivity contribution is 6.50. The summed E-state index contributed by atoms with van der Waals surface area (Å²) < 4.78 is 51.7. The van der Waals surface area contributed by atoms with Gasteiger partial charge in [0.1, 0.15) is 0 Å². The number of rotatable bonds is 1. The summed E-state index contributed by atoms with van der Waals surface area (Å²) in [5.41, 5.74) is -1.21. The van der Waals surface area contributed by atoms with E-state index in [1.54, 1.807) is 0 Å². The number of nitrogens with zero attached hydrogens (tertiary/aromatic N) is 3. The van der Waals surface area contributed by atoms with Crippen molar-refractivity contribution in [2.75, 3.05) is 0 Å². The number of hydrogen-bond acceptors (Lipinski definition) is 3. The minimum Gasteiger partial charge on any atom is -0.418 e. The molecule has 0 aliphatic rings. The van der Waals surface area contributed by atoms with E-state index >= 15 is 0 Å². The van der Waals surface area contributed by atoms with Gasteiger partial charge in [-0.1, -0.05) is 6.07 Å². The first-order valence-corrected chi connectivity index (χ1v) is 3.82. The predicted octanol–water partition coefficient (Wildman–Crippen LogP) is 3.52. The summed E-state index contributed by atoms with van der Waals surface area (Å²) in [5, 5.41) is 18.4. The molecule has 0 saturated heterocycles. The van der Waals surface area contributed by atoms with Crippen LogP contribution in [-0.2, 0) is 0 Å². The van der Waals surface area contributed by atoms with E-state index in [1.165, 1.54) is 6.07 Å². The third-order valence-electron chi connectivity index (χ3n) is 1.26. The zero-order valence-corrected chi connectivity index (χ0v) is 7.86. The topological polar surface area (TPSA) is 71.3 Å². The Balaban J connectivity index is 0.000000437. The lowest BCUT2D eigenvalue weighted by Gasteiger charge is -1.94. The summed E-state index contributed by atoms with van der Waals surface area (Å²) in [6.07, 6.45) is 0. The zero-order valence-electron chi connectivity index (χ0n) is 7.86.